The standard InChI is InChI=1S/C16H28N4OS.ClH/c1-5-16(6-2,22-4)11-18-15(21)14-9-17-8-13(14)12-7-19-20(3)10-12;/h7,10,13-14,17H,5-6,8-9,11H2,1-4H3,(H,18,21);1H/t13-,14+;/m1./s1. The molecule has 1 fully saturated rings. The molecule has 7 heteroatoms. The second kappa shape index (κ2) is 8.94. The first-order chi connectivity index (χ1) is 10.5. The molecule has 132 valence electrons. The molecule has 0 unspecified atom stereocenters. The first-order valence-electron chi connectivity index (χ1n) is 8.07. The Morgan fingerprint density at radius 2 is 2.17 bits per heavy atom. The minimum Gasteiger partial charge on any atom is -0.354 e. The zero-order chi connectivity index (χ0) is 16.2. The molecule has 0 spiro atoms. The van der Waals surface area contributed by atoms with Crippen LogP contribution in [-0.2, 0) is 11.8 Å². The molecule has 0 aromatic carbocycles. The lowest BCUT2D eigenvalue weighted by molar-refractivity contribution is -0.124. The summed E-state index contributed by atoms with van der Waals surface area (Å²) in [5, 5.41) is 10.8. The number of carbonyl (C=O) groups excluding carboxylic acids is 1. The number of hydrogen-bond acceptors (Lipinski definition) is 4. The van der Waals surface area contributed by atoms with Crippen molar-refractivity contribution in [1.82, 2.24) is 20.4 Å². The number of halogens is 1. The van der Waals surface area contributed by atoms with Crippen molar-refractivity contribution in [3.63, 3.8) is 0 Å². The summed E-state index contributed by atoms with van der Waals surface area (Å²) in [7, 11) is 1.91. The summed E-state index contributed by atoms with van der Waals surface area (Å²) in [5.41, 5.74) is 1.15. The minimum atomic E-state index is -0.00234. The molecular formula is C16H29ClN4OS. The van der Waals surface area contributed by atoms with Crippen molar-refractivity contribution < 1.29 is 4.79 Å². The zero-order valence-corrected chi connectivity index (χ0v) is 16.1. The van der Waals surface area contributed by atoms with Gasteiger partial charge in [-0.15, -0.1) is 12.4 Å². The molecule has 2 rings (SSSR count). The Labute approximate surface area is 149 Å². The Hall–Kier alpha value is -0.720. The zero-order valence-electron chi connectivity index (χ0n) is 14.5. The number of hydrogen-bond donors (Lipinski definition) is 2. The fraction of sp³-hybridized carbons (Fsp3) is 0.750. The average Bonchev–Trinajstić information content (AvgIpc) is 3.17. The lowest BCUT2D eigenvalue weighted by Gasteiger charge is -2.30. The first-order valence-corrected chi connectivity index (χ1v) is 9.29. The van der Waals surface area contributed by atoms with Gasteiger partial charge < -0.3 is 10.6 Å². The van der Waals surface area contributed by atoms with Crippen molar-refractivity contribution in [3.05, 3.63) is 18.0 Å². The fourth-order valence-corrected chi connectivity index (χ4v) is 3.97. The van der Waals surface area contributed by atoms with Gasteiger partial charge in [0.1, 0.15) is 0 Å². The van der Waals surface area contributed by atoms with Crippen LogP contribution in [0.3, 0.4) is 0 Å². The number of nitrogens with one attached hydrogen (secondary N) is 2. The van der Waals surface area contributed by atoms with Crippen LogP contribution in [0.5, 0.6) is 0 Å². The predicted octanol–water partition coefficient (Wildman–Crippen LogP) is 2.18. The number of rotatable bonds is 7. The summed E-state index contributed by atoms with van der Waals surface area (Å²) in [4.78, 5) is 12.6. The monoisotopic (exact) mass is 360 g/mol. The normalized spacial score (nSPS) is 21.0. The Bertz CT molecular complexity index is 496. The Balaban J connectivity index is 0.00000264. The van der Waals surface area contributed by atoms with Crippen LogP contribution < -0.4 is 10.6 Å². The SMILES string of the molecule is CCC(CC)(CNC(=O)[C@H]1CNC[C@@H]1c1cnn(C)c1)SC.Cl. The molecule has 0 radical (unpaired) electrons. The number of aromatic nitrogens is 2. The van der Waals surface area contributed by atoms with E-state index < -0.39 is 0 Å². The lowest BCUT2D eigenvalue weighted by Crippen LogP contribution is -2.43. The van der Waals surface area contributed by atoms with Crippen LogP contribution in [-0.4, -0.2) is 46.3 Å². The predicted molar refractivity (Wildman–Crippen MR) is 99.4 cm³/mol. The number of carbonyl (C=O) groups is 1. The van der Waals surface area contributed by atoms with Gasteiger partial charge in [0.2, 0.25) is 5.91 Å². The maximum atomic E-state index is 12.6. The molecule has 0 bridgehead atoms. The van der Waals surface area contributed by atoms with E-state index in [1.807, 2.05) is 31.2 Å². The summed E-state index contributed by atoms with van der Waals surface area (Å²) < 4.78 is 1.96. The van der Waals surface area contributed by atoms with Crippen molar-refractivity contribution >= 4 is 30.1 Å². The first kappa shape index (κ1) is 20.3. The van der Waals surface area contributed by atoms with Crippen molar-refractivity contribution in [1.29, 1.82) is 0 Å². The molecule has 0 aliphatic carbocycles. The van der Waals surface area contributed by atoms with Gasteiger partial charge in [0.05, 0.1) is 12.1 Å². The quantitative estimate of drug-likeness (QED) is 0.782. The van der Waals surface area contributed by atoms with Crippen LogP contribution in [0.25, 0.3) is 0 Å². The summed E-state index contributed by atoms with van der Waals surface area (Å²) in [6.07, 6.45) is 8.17. The van der Waals surface area contributed by atoms with E-state index in [1.54, 1.807) is 4.68 Å². The van der Waals surface area contributed by atoms with E-state index in [0.717, 1.165) is 38.0 Å². The van der Waals surface area contributed by atoms with Gasteiger partial charge in [0.15, 0.2) is 0 Å². The molecular weight excluding hydrogens is 332 g/mol. The molecule has 1 aliphatic heterocycles. The molecule has 2 heterocycles. The summed E-state index contributed by atoms with van der Waals surface area (Å²) >= 11 is 1.86. The van der Waals surface area contributed by atoms with Gasteiger partial charge in [0, 0.05) is 43.5 Å². The van der Waals surface area contributed by atoms with E-state index in [2.05, 4.69) is 35.8 Å². The van der Waals surface area contributed by atoms with Gasteiger partial charge in [-0.1, -0.05) is 13.8 Å². The number of amides is 1. The van der Waals surface area contributed by atoms with Crippen molar-refractivity contribution in [2.75, 3.05) is 25.9 Å². The molecule has 2 N–H and O–H groups in total. The molecule has 23 heavy (non-hydrogen) atoms. The van der Waals surface area contributed by atoms with E-state index >= 15 is 0 Å². The maximum absolute atomic E-state index is 12.6. The third kappa shape index (κ3) is 4.64. The highest BCUT2D eigenvalue weighted by molar-refractivity contribution is 8.00. The maximum Gasteiger partial charge on any atom is 0.225 e. The molecule has 1 aliphatic rings. The van der Waals surface area contributed by atoms with E-state index in [4.69, 9.17) is 0 Å². The Morgan fingerprint density at radius 3 is 2.70 bits per heavy atom. The number of aryl methyl sites for hydroxylation is 1. The number of thioether (sulfide) groups is 1. The third-order valence-corrected chi connectivity index (χ3v) is 6.60. The highest BCUT2D eigenvalue weighted by atomic mass is 35.5. The van der Waals surface area contributed by atoms with Crippen LogP contribution in [0.2, 0.25) is 0 Å². The van der Waals surface area contributed by atoms with Gasteiger partial charge in [0.25, 0.3) is 0 Å². The molecule has 0 saturated carbocycles. The largest absolute Gasteiger partial charge is 0.354 e. The van der Waals surface area contributed by atoms with Gasteiger partial charge >= 0.3 is 0 Å². The second-order valence-electron chi connectivity index (χ2n) is 6.13. The van der Waals surface area contributed by atoms with Crippen LogP contribution in [0, 0.1) is 5.92 Å². The lowest BCUT2D eigenvalue weighted by atomic mass is 9.90. The molecule has 1 saturated heterocycles. The van der Waals surface area contributed by atoms with E-state index in [9.17, 15) is 4.79 Å². The molecule has 1 amide bonds. The Morgan fingerprint density at radius 1 is 1.48 bits per heavy atom. The van der Waals surface area contributed by atoms with E-state index in [0.29, 0.717) is 0 Å². The smallest absolute Gasteiger partial charge is 0.225 e. The van der Waals surface area contributed by atoms with Gasteiger partial charge in [-0.25, -0.2) is 0 Å². The fourth-order valence-electron chi connectivity index (χ4n) is 3.18. The topological polar surface area (TPSA) is 59.0 Å². The van der Waals surface area contributed by atoms with Crippen LogP contribution in [0.1, 0.15) is 38.2 Å². The molecule has 5 nitrogen and oxygen atoms in total. The highest BCUT2D eigenvalue weighted by Crippen LogP contribution is 2.31. The van der Waals surface area contributed by atoms with Crippen LogP contribution in [0.4, 0.5) is 0 Å². The summed E-state index contributed by atoms with van der Waals surface area (Å²) in [5.74, 6) is 0.386. The van der Waals surface area contributed by atoms with Crippen molar-refractivity contribution in [2.45, 2.75) is 37.4 Å². The number of nitrogens with zero attached hydrogens (tertiary/aromatic N) is 2. The highest BCUT2D eigenvalue weighted by Gasteiger charge is 2.35. The van der Waals surface area contributed by atoms with Gasteiger partial charge in [-0.2, -0.15) is 16.9 Å². The molecule has 2 atom stereocenters. The summed E-state index contributed by atoms with van der Waals surface area (Å²) in [6.45, 7) is 6.73. The van der Waals surface area contributed by atoms with E-state index in [1.165, 1.54) is 0 Å². The third-order valence-electron chi connectivity index (χ3n) is 5.01. The van der Waals surface area contributed by atoms with Crippen molar-refractivity contribution in [2.24, 2.45) is 13.0 Å². The van der Waals surface area contributed by atoms with Gasteiger partial charge in [-0.05, 0) is 24.7 Å². The molecule has 1 aromatic heterocycles. The molecule has 1 aromatic rings. The van der Waals surface area contributed by atoms with Gasteiger partial charge in [-0.3, -0.25) is 9.48 Å². The van der Waals surface area contributed by atoms with Crippen LogP contribution >= 0.6 is 24.2 Å². The Kier molecular flexibility index (Phi) is 7.90. The van der Waals surface area contributed by atoms with Crippen LogP contribution in [0.15, 0.2) is 12.4 Å². The second-order valence-corrected chi connectivity index (χ2v) is 7.40. The average molecular weight is 361 g/mol. The minimum absolute atomic E-state index is 0. The summed E-state index contributed by atoms with van der Waals surface area (Å²) in [6, 6.07) is 0. The van der Waals surface area contributed by atoms with E-state index in [-0.39, 0.29) is 34.9 Å². The van der Waals surface area contributed by atoms with Crippen molar-refractivity contribution in [3.8, 4) is 0 Å².